The molecule has 0 saturated carbocycles. The van der Waals surface area contributed by atoms with Gasteiger partial charge in [0, 0.05) is 0 Å². The van der Waals surface area contributed by atoms with Crippen molar-refractivity contribution in [3.8, 4) is 0 Å². The molecule has 1 heterocycles. The normalized spacial score (nSPS) is 7.43. The fourth-order valence-corrected chi connectivity index (χ4v) is 0.267. The Hall–Kier alpha value is 0.0100. The van der Waals surface area contributed by atoms with Gasteiger partial charge in [-0.2, -0.15) is 5.10 Å². The molecule has 0 atom stereocenters. The zero-order valence-electron chi connectivity index (χ0n) is 5.18. The Bertz CT molecular complexity index is 118. The standard InChI is InChI=1S/C3H5N3.Na.H/c4-3-1-2-5-6-3;;/h1-2H,(H3,4,5,6);;/q;+1;-1. The van der Waals surface area contributed by atoms with Crippen LogP contribution >= 0.6 is 0 Å². The maximum Gasteiger partial charge on any atom is 1.00 e. The number of aromatic nitrogens is 2. The summed E-state index contributed by atoms with van der Waals surface area (Å²) in [6, 6.07) is 1.69. The molecule has 0 aliphatic rings. The first-order valence-corrected chi connectivity index (χ1v) is 1.64. The van der Waals surface area contributed by atoms with Crippen molar-refractivity contribution in [1.29, 1.82) is 0 Å². The summed E-state index contributed by atoms with van der Waals surface area (Å²) in [4.78, 5) is 0. The van der Waals surface area contributed by atoms with Crippen molar-refractivity contribution in [1.82, 2.24) is 10.2 Å². The number of anilines is 1. The SMILES string of the molecule is Nc1ccn[nH]1.[H-].[Na+]. The first-order valence-electron chi connectivity index (χ1n) is 1.64. The van der Waals surface area contributed by atoms with E-state index >= 15 is 0 Å². The third-order valence-corrected chi connectivity index (χ3v) is 0.522. The molecule has 0 aromatic carbocycles. The summed E-state index contributed by atoms with van der Waals surface area (Å²) >= 11 is 0. The Morgan fingerprint density at radius 1 is 1.86 bits per heavy atom. The topological polar surface area (TPSA) is 54.7 Å². The molecule has 34 valence electrons. The largest absolute Gasteiger partial charge is 1.00 e. The molecule has 0 amide bonds. The minimum Gasteiger partial charge on any atom is -1.00 e. The van der Waals surface area contributed by atoms with Crippen LogP contribution in [0.3, 0.4) is 0 Å². The Balaban J connectivity index is 0. The Morgan fingerprint density at radius 3 is 2.71 bits per heavy atom. The van der Waals surface area contributed by atoms with E-state index in [1.807, 2.05) is 0 Å². The van der Waals surface area contributed by atoms with Gasteiger partial charge in [-0.25, -0.2) is 0 Å². The van der Waals surface area contributed by atoms with E-state index in [4.69, 9.17) is 5.73 Å². The van der Waals surface area contributed by atoms with E-state index in [2.05, 4.69) is 10.2 Å². The summed E-state index contributed by atoms with van der Waals surface area (Å²) < 4.78 is 0. The quantitative estimate of drug-likeness (QED) is 0.350. The predicted octanol–water partition coefficient (Wildman–Crippen LogP) is -2.89. The van der Waals surface area contributed by atoms with Gasteiger partial charge in [0.25, 0.3) is 0 Å². The monoisotopic (exact) mass is 107 g/mol. The number of nitrogens with zero attached hydrogens (tertiary/aromatic N) is 1. The smallest absolute Gasteiger partial charge is 1.00 e. The van der Waals surface area contributed by atoms with Crippen LogP contribution in [-0.2, 0) is 0 Å². The van der Waals surface area contributed by atoms with E-state index in [1.165, 1.54) is 0 Å². The van der Waals surface area contributed by atoms with Gasteiger partial charge in [-0.3, -0.25) is 5.10 Å². The van der Waals surface area contributed by atoms with Gasteiger partial charge in [-0.05, 0) is 6.07 Å². The fraction of sp³-hybridized carbons (Fsp3) is 0. The van der Waals surface area contributed by atoms with E-state index < -0.39 is 0 Å². The molecule has 0 fully saturated rings. The molecule has 0 unspecified atom stereocenters. The summed E-state index contributed by atoms with van der Waals surface area (Å²) in [5.74, 6) is 0.606. The van der Waals surface area contributed by atoms with Crippen LogP contribution in [0.15, 0.2) is 12.3 Å². The molecule has 0 spiro atoms. The van der Waals surface area contributed by atoms with Crippen LogP contribution in [-0.4, -0.2) is 10.2 Å². The van der Waals surface area contributed by atoms with E-state index in [9.17, 15) is 0 Å². The fourth-order valence-electron chi connectivity index (χ4n) is 0.267. The number of hydrogen-bond acceptors (Lipinski definition) is 2. The average molecular weight is 107 g/mol. The number of nitrogens with one attached hydrogen (secondary N) is 1. The first-order chi connectivity index (χ1) is 2.89. The van der Waals surface area contributed by atoms with Gasteiger partial charge >= 0.3 is 29.6 Å². The van der Waals surface area contributed by atoms with Gasteiger partial charge in [-0.15, -0.1) is 0 Å². The van der Waals surface area contributed by atoms with Crippen LogP contribution in [0.1, 0.15) is 1.43 Å². The molecule has 3 N–H and O–H groups in total. The summed E-state index contributed by atoms with van der Waals surface area (Å²) in [5, 5.41) is 6.10. The number of H-pyrrole nitrogens is 1. The minimum absolute atomic E-state index is 0. The zero-order valence-corrected chi connectivity index (χ0v) is 6.18. The second-order valence-corrected chi connectivity index (χ2v) is 1.01. The number of nitrogens with two attached hydrogens (primary N) is 1. The Morgan fingerprint density at radius 2 is 2.57 bits per heavy atom. The maximum atomic E-state index is 5.16. The van der Waals surface area contributed by atoms with Gasteiger partial charge in [0.2, 0.25) is 0 Å². The van der Waals surface area contributed by atoms with Crippen molar-refractivity contribution in [2.45, 2.75) is 0 Å². The third kappa shape index (κ3) is 1.97. The number of aromatic amines is 1. The molecule has 3 nitrogen and oxygen atoms in total. The van der Waals surface area contributed by atoms with E-state index in [1.54, 1.807) is 12.3 Å². The van der Waals surface area contributed by atoms with Crippen molar-refractivity contribution < 1.29 is 31.0 Å². The summed E-state index contributed by atoms with van der Waals surface area (Å²) in [6.07, 6.45) is 1.61. The third-order valence-electron chi connectivity index (χ3n) is 0.522. The van der Waals surface area contributed by atoms with Crippen molar-refractivity contribution in [3.63, 3.8) is 0 Å². The van der Waals surface area contributed by atoms with Crippen molar-refractivity contribution in [2.75, 3.05) is 5.73 Å². The van der Waals surface area contributed by atoms with Gasteiger partial charge in [0.1, 0.15) is 5.82 Å². The zero-order chi connectivity index (χ0) is 4.41. The molecular weight excluding hydrogens is 101 g/mol. The van der Waals surface area contributed by atoms with Crippen LogP contribution < -0.4 is 35.3 Å². The van der Waals surface area contributed by atoms with E-state index in [0.717, 1.165) is 0 Å². The van der Waals surface area contributed by atoms with Crippen LogP contribution in [0.25, 0.3) is 0 Å². The van der Waals surface area contributed by atoms with Crippen molar-refractivity contribution in [3.05, 3.63) is 12.3 Å². The maximum absolute atomic E-state index is 5.16. The summed E-state index contributed by atoms with van der Waals surface area (Å²) in [7, 11) is 0. The first kappa shape index (κ1) is 7.01. The van der Waals surface area contributed by atoms with Gasteiger partial charge in [0.05, 0.1) is 6.20 Å². The molecule has 1 aromatic heterocycles. The van der Waals surface area contributed by atoms with Crippen LogP contribution in [0.2, 0.25) is 0 Å². The predicted molar refractivity (Wildman–Crippen MR) is 24.1 cm³/mol. The van der Waals surface area contributed by atoms with Crippen LogP contribution in [0, 0.1) is 0 Å². The van der Waals surface area contributed by atoms with Gasteiger partial charge in [-0.1, -0.05) is 0 Å². The van der Waals surface area contributed by atoms with Crippen molar-refractivity contribution >= 4 is 5.82 Å². The van der Waals surface area contributed by atoms with Gasteiger partial charge in [0.15, 0.2) is 0 Å². The summed E-state index contributed by atoms with van der Waals surface area (Å²) in [6.45, 7) is 0. The van der Waals surface area contributed by atoms with Crippen molar-refractivity contribution in [2.24, 2.45) is 0 Å². The minimum atomic E-state index is 0. The van der Waals surface area contributed by atoms with E-state index in [-0.39, 0.29) is 31.0 Å². The average Bonchev–Trinajstić information content (AvgIpc) is 1.86. The Kier molecular flexibility index (Phi) is 3.07. The number of nitrogen functional groups attached to an aromatic ring is 1. The molecule has 0 aliphatic heterocycles. The molecule has 1 rings (SSSR count). The van der Waals surface area contributed by atoms with Crippen LogP contribution in [0.5, 0.6) is 0 Å². The summed E-state index contributed by atoms with van der Waals surface area (Å²) in [5.41, 5.74) is 5.16. The number of hydrogen-bond donors (Lipinski definition) is 2. The van der Waals surface area contributed by atoms with Gasteiger partial charge < -0.3 is 7.16 Å². The van der Waals surface area contributed by atoms with E-state index in [0.29, 0.717) is 5.82 Å². The second kappa shape index (κ2) is 3.07. The number of rotatable bonds is 0. The molecule has 0 radical (unpaired) electrons. The molecule has 0 bridgehead atoms. The molecular formula is C3H6N3Na. The van der Waals surface area contributed by atoms with Crippen LogP contribution in [0.4, 0.5) is 5.82 Å². The molecule has 0 saturated heterocycles. The molecule has 7 heavy (non-hydrogen) atoms. The molecule has 1 aromatic rings. The second-order valence-electron chi connectivity index (χ2n) is 1.01. The molecule has 0 aliphatic carbocycles. The molecule has 4 heteroatoms. The Labute approximate surface area is 65.1 Å².